The van der Waals surface area contributed by atoms with Crippen LogP contribution in [0.2, 0.25) is 0 Å². The second-order valence-electron chi connectivity index (χ2n) is 3.82. The summed E-state index contributed by atoms with van der Waals surface area (Å²) in [6.07, 6.45) is 2.79. The Bertz CT molecular complexity index is 616. The zero-order chi connectivity index (χ0) is 13.8. The van der Waals surface area contributed by atoms with Gasteiger partial charge in [0.25, 0.3) is 5.69 Å². The number of benzene rings is 2. The number of nitrogens with zero attached hydrogens (tertiary/aromatic N) is 1. The maximum atomic E-state index is 13.3. The van der Waals surface area contributed by atoms with Crippen molar-refractivity contribution < 1.29 is 13.7 Å². The first kappa shape index (κ1) is 12.9. The molecule has 0 aliphatic carbocycles. The summed E-state index contributed by atoms with van der Waals surface area (Å²) in [5.41, 5.74) is 0.448. The molecule has 0 radical (unpaired) electrons. The zero-order valence-corrected chi connectivity index (χ0v) is 9.72. The SMILES string of the molecule is O=[N+]([O-])c1ccc(/C=C/c2c(F)cccc2F)cc1. The third-order valence-corrected chi connectivity index (χ3v) is 2.55. The van der Waals surface area contributed by atoms with Crippen LogP contribution in [-0.2, 0) is 0 Å². The van der Waals surface area contributed by atoms with Gasteiger partial charge >= 0.3 is 0 Å². The molecular formula is C14H9F2NO2. The maximum absolute atomic E-state index is 13.3. The van der Waals surface area contributed by atoms with Gasteiger partial charge in [0, 0.05) is 17.7 Å². The van der Waals surface area contributed by atoms with Gasteiger partial charge in [0.2, 0.25) is 0 Å². The second kappa shape index (κ2) is 5.39. The average molecular weight is 261 g/mol. The van der Waals surface area contributed by atoms with E-state index in [0.29, 0.717) is 5.56 Å². The van der Waals surface area contributed by atoms with Crippen molar-refractivity contribution in [3.8, 4) is 0 Å². The van der Waals surface area contributed by atoms with E-state index in [2.05, 4.69) is 0 Å². The highest BCUT2D eigenvalue weighted by Crippen LogP contribution is 2.17. The minimum Gasteiger partial charge on any atom is -0.258 e. The molecule has 0 atom stereocenters. The largest absolute Gasteiger partial charge is 0.269 e. The quantitative estimate of drug-likeness (QED) is 0.475. The lowest BCUT2D eigenvalue weighted by atomic mass is 10.1. The van der Waals surface area contributed by atoms with Crippen LogP contribution in [0.1, 0.15) is 11.1 Å². The Morgan fingerprint density at radius 2 is 1.53 bits per heavy atom. The van der Waals surface area contributed by atoms with Gasteiger partial charge in [-0.1, -0.05) is 12.1 Å². The lowest BCUT2D eigenvalue weighted by molar-refractivity contribution is -0.384. The highest BCUT2D eigenvalue weighted by atomic mass is 19.1. The van der Waals surface area contributed by atoms with Crippen molar-refractivity contribution >= 4 is 17.8 Å². The Hall–Kier alpha value is -2.56. The fourth-order valence-electron chi connectivity index (χ4n) is 1.56. The van der Waals surface area contributed by atoms with Gasteiger partial charge < -0.3 is 0 Å². The van der Waals surface area contributed by atoms with E-state index in [1.54, 1.807) is 0 Å². The first-order chi connectivity index (χ1) is 9.08. The van der Waals surface area contributed by atoms with Crippen molar-refractivity contribution in [3.63, 3.8) is 0 Å². The van der Waals surface area contributed by atoms with Crippen LogP contribution in [-0.4, -0.2) is 4.92 Å². The van der Waals surface area contributed by atoms with Crippen molar-refractivity contribution in [2.45, 2.75) is 0 Å². The van der Waals surface area contributed by atoms with Crippen molar-refractivity contribution in [1.29, 1.82) is 0 Å². The molecule has 0 N–H and O–H groups in total. The molecule has 19 heavy (non-hydrogen) atoms. The smallest absolute Gasteiger partial charge is 0.258 e. The fraction of sp³-hybridized carbons (Fsp3) is 0. The van der Waals surface area contributed by atoms with Crippen molar-refractivity contribution in [2.75, 3.05) is 0 Å². The van der Waals surface area contributed by atoms with E-state index in [-0.39, 0.29) is 11.3 Å². The van der Waals surface area contributed by atoms with Gasteiger partial charge in [0.1, 0.15) is 11.6 Å². The van der Waals surface area contributed by atoms with Crippen LogP contribution in [0.3, 0.4) is 0 Å². The molecule has 5 heteroatoms. The molecule has 0 aromatic heterocycles. The predicted octanol–water partition coefficient (Wildman–Crippen LogP) is 4.04. The van der Waals surface area contributed by atoms with E-state index in [9.17, 15) is 18.9 Å². The normalized spacial score (nSPS) is 10.8. The highest BCUT2D eigenvalue weighted by Gasteiger charge is 2.05. The van der Waals surface area contributed by atoms with Gasteiger partial charge in [-0.25, -0.2) is 8.78 Å². The summed E-state index contributed by atoms with van der Waals surface area (Å²) in [5, 5.41) is 10.5. The lowest BCUT2D eigenvalue weighted by Gasteiger charge is -1.98. The summed E-state index contributed by atoms with van der Waals surface area (Å²) in [5.74, 6) is -1.31. The Labute approximate surface area is 108 Å². The fourth-order valence-corrected chi connectivity index (χ4v) is 1.56. The molecule has 2 aromatic rings. The highest BCUT2D eigenvalue weighted by molar-refractivity contribution is 5.70. The Morgan fingerprint density at radius 1 is 0.947 bits per heavy atom. The van der Waals surface area contributed by atoms with E-state index < -0.39 is 16.6 Å². The third kappa shape index (κ3) is 3.01. The molecule has 0 amide bonds. The molecule has 0 aliphatic heterocycles. The van der Waals surface area contributed by atoms with E-state index in [0.717, 1.165) is 0 Å². The van der Waals surface area contributed by atoms with Crippen LogP contribution in [0.15, 0.2) is 42.5 Å². The minimum absolute atomic E-state index is 0.0331. The molecule has 0 saturated heterocycles. The van der Waals surface area contributed by atoms with Gasteiger partial charge in [-0.15, -0.1) is 0 Å². The molecule has 0 heterocycles. The first-order valence-corrected chi connectivity index (χ1v) is 5.44. The van der Waals surface area contributed by atoms with Gasteiger partial charge in [-0.05, 0) is 35.9 Å². The molecule has 3 nitrogen and oxygen atoms in total. The molecule has 2 aromatic carbocycles. The first-order valence-electron chi connectivity index (χ1n) is 5.44. The number of hydrogen-bond donors (Lipinski definition) is 0. The molecule has 0 spiro atoms. The minimum atomic E-state index is -0.654. The van der Waals surface area contributed by atoms with Crippen LogP contribution in [0.4, 0.5) is 14.5 Å². The van der Waals surface area contributed by atoms with Crippen LogP contribution < -0.4 is 0 Å². The lowest BCUT2D eigenvalue weighted by Crippen LogP contribution is -1.88. The van der Waals surface area contributed by atoms with Crippen molar-refractivity contribution in [1.82, 2.24) is 0 Å². The van der Waals surface area contributed by atoms with E-state index >= 15 is 0 Å². The summed E-state index contributed by atoms with van der Waals surface area (Å²) in [7, 11) is 0. The van der Waals surface area contributed by atoms with Crippen LogP contribution >= 0.6 is 0 Å². The number of nitro benzene ring substituents is 1. The molecule has 0 saturated carbocycles. The summed E-state index contributed by atoms with van der Waals surface area (Å²) in [4.78, 5) is 9.96. The van der Waals surface area contributed by atoms with Gasteiger partial charge in [0.05, 0.1) is 4.92 Å². The Balaban J connectivity index is 2.25. The van der Waals surface area contributed by atoms with Gasteiger partial charge in [-0.3, -0.25) is 10.1 Å². The monoisotopic (exact) mass is 261 g/mol. The Kier molecular flexibility index (Phi) is 3.66. The standard InChI is InChI=1S/C14H9F2NO2/c15-13-2-1-3-14(16)12(13)9-6-10-4-7-11(8-5-10)17(18)19/h1-9H/b9-6+. The summed E-state index contributed by atoms with van der Waals surface area (Å²) < 4.78 is 26.7. The molecular weight excluding hydrogens is 252 g/mol. The van der Waals surface area contributed by atoms with E-state index in [4.69, 9.17) is 0 Å². The molecule has 2 rings (SSSR count). The average Bonchev–Trinajstić information content (AvgIpc) is 2.38. The summed E-state index contributed by atoms with van der Waals surface area (Å²) in [6.45, 7) is 0. The zero-order valence-electron chi connectivity index (χ0n) is 9.72. The summed E-state index contributed by atoms with van der Waals surface area (Å²) >= 11 is 0. The molecule has 0 unspecified atom stereocenters. The molecule has 0 fully saturated rings. The van der Waals surface area contributed by atoms with E-state index in [1.807, 2.05) is 0 Å². The predicted molar refractivity (Wildman–Crippen MR) is 68.4 cm³/mol. The van der Waals surface area contributed by atoms with Gasteiger partial charge in [-0.2, -0.15) is 0 Å². The van der Waals surface area contributed by atoms with Crippen LogP contribution in [0.25, 0.3) is 12.2 Å². The topological polar surface area (TPSA) is 43.1 Å². The van der Waals surface area contributed by atoms with Crippen molar-refractivity contribution in [2.24, 2.45) is 0 Å². The number of nitro groups is 1. The molecule has 0 bridgehead atoms. The number of hydrogen-bond acceptors (Lipinski definition) is 2. The molecule has 96 valence electrons. The Morgan fingerprint density at radius 3 is 2.05 bits per heavy atom. The van der Waals surface area contributed by atoms with Crippen molar-refractivity contribution in [3.05, 3.63) is 75.3 Å². The van der Waals surface area contributed by atoms with Crippen LogP contribution in [0.5, 0.6) is 0 Å². The van der Waals surface area contributed by atoms with Gasteiger partial charge in [0.15, 0.2) is 0 Å². The molecule has 0 aliphatic rings. The number of non-ortho nitro benzene ring substituents is 1. The number of halogens is 2. The third-order valence-electron chi connectivity index (χ3n) is 2.55. The summed E-state index contributed by atoms with van der Waals surface area (Å²) in [6, 6.07) is 9.29. The van der Waals surface area contributed by atoms with Crippen LogP contribution in [0, 0.1) is 21.7 Å². The van der Waals surface area contributed by atoms with E-state index in [1.165, 1.54) is 54.6 Å². The second-order valence-corrected chi connectivity index (χ2v) is 3.82. The number of rotatable bonds is 3. The maximum Gasteiger partial charge on any atom is 0.269 e.